The fraction of sp³-hybridized carbons (Fsp3) is 0.214. The Morgan fingerprint density at radius 3 is 2.85 bits per heavy atom. The molecule has 6 heteroatoms. The number of hydrogen-bond donors (Lipinski definition) is 3. The van der Waals surface area contributed by atoms with Gasteiger partial charge in [-0.15, -0.1) is 11.3 Å². The predicted octanol–water partition coefficient (Wildman–Crippen LogP) is 2.67. The van der Waals surface area contributed by atoms with Crippen LogP contribution in [0.1, 0.15) is 15.3 Å². The molecule has 0 fully saturated rings. The molecule has 0 aliphatic rings. The van der Waals surface area contributed by atoms with Crippen LogP contribution in [0.15, 0.2) is 29.1 Å². The predicted molar refractivity (Wildman–Crippen MR) is 84.0 cm³/mol. The minimum absolute atomic E-state index is 0.00618. The number of fused-ring (bicyclic) bond motifs is 1. The van der Waals surface area contributed by atoms with Gasteiger partial charge in [0.1, 0.15) is 0 Å². The number of hydrogen-bond acceptors (Lipinski definition) is 5. The third-order valence-corrected chi connectivity index (χ3v) is 5.02. The topological polar surface area (TPSA) is 65.1 Å². The fourth-order valence-corrected chi connectivity index (χ4v) is 4.14. The average molecular weight is 306 g/mol. The fourth-order valence-electron chi connectivity index (χ4n) is 2.16. The first-order valence-electron chi connectivity index (χ1n) is 6.22. The van der Waals surface area contributed by atoms with Crippen molar-refractivity contribution in [2.24, 2.45) is 0 Å². The molecule has 104 valence electrons. The molecular formula is C14H14N2O2S2. The third-order valence-electron chi connectivity index (χ3n) is 3.05. The van der Waals surface area contributed by atoms with Gasteiger partial charge in [-0.2, -0.15) is 0 Å². The van der Waals surface area contributed by atoms with E-state index in [1.165, 1.54) is 15.6 Å². The van der Waals surface area contributed by atoms with E-state index >= 15 is 0 Å². The third kappa shape index (κ3) is 2.63. The van der Waals surface area contributed by atoms with Gasteiger partial charge in [-0.1, -0.05) is 23.5 Å². The van der Waals surface area contributed by atoms with Gasteiger partial charge < -0.3 is 10.4 Å². The summed E-state index contributed by atoms with van der Waals surface area (Å²) in [6, 6.07) is 8.52. The van der Waals surface area contributed by atoms with Gasteiger partial charge in [-0.05, 0) is 30.1 Å². The Bertz CT molecular complexity index is 801. The lowest BCUT2D eigenvalue weighted by molar-refractivity contribution is 0.451. The van der Waals surface area contributed by atoms with Crippen LogP contribution in [0.2, 0.25) is 0 Å². The molecule has 0 saturated heterocycles. The van der Waals surface area contributed by atoms with E-state index in [0.717, 1.165) is 22.8 Å². The van der Waals surface area contributed by atoms with E-state index in [1.54, 1.807) is 11.3 Å². The summed E-state index contributed by atoms with van der Waals surface area (Å²) in [6.07, 6.45) is 0.593. The molecule has 0 atom stereocenters. The lowest BCUT2D eigenvalue weighted by atomic mass is 10.1. The lowest BCUT2D eigenvalue weighted by Crippen LogP contribution is -2.04. The molecule has 0 aliphatic heterocycles. The summed E-state index contributed by atoms with van der Waals surface area (Å²) >= 11 is 2.77. The van der Waals surface area contributed by atoms with Crippen molar-refractivity contribution in [3.05, 3.63) is 49.3 Å². The van der Waals surface area contributed by atoms with Crippen LogP contribution in [-0.4, -0.2) is 17.1 Å². The van der Waals surface area contributed by atoms with E-state index in [-0.39, 0.29) is 10.8 Å². The van der Waals surface area contributed by atoms with Gasteiger partial charge in [0, 0.05) is 22.5 Å². The van der Waals surface area contributed by atoms with Crippen LogP contribution in [0.25, 0.3) is 10.1 Å². The number of rotatable bonds is 4. The van der Waals surface area contributed by atoms with Gasteiger partial charge in [-0.3, -0.25) is 9.78 Å². The maximum Gasteiger partial charge on any atom is 0.307 e. The number of aromatic amines is 1. The number of nitrogens with one attached hydrogen (secondary N) is 2. The van der Waals surface area contributed by atoms with Crippen molar-refractivity contribution >= 4 is 32.8 Å². The summed E-state index contributed by atoms with van der Waals surface area (Å²) in [7, 11) is 1.93. The number of benzene rings is 1. The van der Waals surface area contributed by atoms with Gasteiger partial charge in [0.15, 0.2) is 0 Å². The van der Waals surface area contributed by atoms with E-state index in [2.05, 4.69) is 34.6 Å². The zero-order valence-electron chi connectivity index (χ0n) is 10.9. The standard InChI is InChI=1S/C14H14N2O2S2/c1-15-7-8-2-3-9-5-10(19-11(9)4-8)6-12-13(17)16-14(18)20-12/h2-5,15,17H,6-7H2,1H3,(H,16,18). The highest BCUT2D eigenvalue weighted by Crippen LogP contribution is 2.30. The number of aromatic hydroxyl groups is 1. The van der Waals surface area contributed by atoms with E-state index < -0.39 is 0 Å². The van der Waals surface area contributed by atoms with Crippen LogP contribution in [-0.2, 0) is 13.0 Å². The van der Waals surface area contributed by atoms with Crippen molar-refractivity contribution in [3.8, 4) is 5.88 Å². The Morgan fingerprint density at radius 2 is 2.15 bits per heavy atom. The highest BCUT2D eigenvalue weighted by molar-refractivity contribution is 7.19. The lowest BCUT2D eigenvalue weighted by Gasteiger charge is -1.98. The first kappa shape index (κ1) is 13.4. The first-order chi connectivity index (χ1) is 9.65. The Balaban J connectivity index is 1.92. The first-order valence-corrected chi connectivity index (χ1v) is 7.86. The molecule has 3 rings (SSSR count). The second-order valence-corrected chi connectivity index (χ2v) is 6.81. The van der Waals surface area contributed by atoms with Gasteiger partial charge in [-0.25, -0.2) is 0 Å². The number of thiazole rings is 1. The van der Waals surface area contributed by atoms with Gasteiger partial charge in [0.25, 0.3) is 0 Å². The Hall–Kier alpha value is -1.63. The van der Waals surface area contributed by atoms with Crippen LogP contribution in [0.4, 0.5) is 0 Å². The van der Waals surface area contributed by atoms with Crippen LogP contribution in [0.5, 0.6) is 5.88 Å². The zero-order valence-corrected chi connectivity index (χ0v) is 12.5. The quantitative estimate of drug-likeness (QED) is 0.694. The average Bonchev–Trinajstić information content (AvgIpc) is 2.93. The molecule has 3 aromatic rings. The molecule has 0 radical (unpaired) electrons. The number of aromatic nitrogens is 1. The molecule has 3 N–H and O–H groups in total. The molecule has 2 aromatic heterocycles. The number of H-pyrrole nitrogens is 1. The Morgan fingerprint density at radius 1 is 1.30 bits per heavy atom. The smallest absolute Gasteiger partial charge is 0.307 e. The van der Waals surface area contributed by atoms with Crippen molar-refractivity contribution in [2.45, 2.75) is 13.0 Å². The van der Waals surface area contributed by atoms with Crippen molar-refractivity contribution in [3.63, 3.8) is 0 Å². The summed E-state index contributed by atoms with van der Waals surface area (Å²) in [5.41, 5.74) is 1.25. The van der Waals surface area contributed by atoms with Gasteiger partial charge in [0.05, 0.1) is 4.88 Å². The van der Waals surface area contributed by atoms with Gasteiger partial charge in [0.2, 0.25) is 5.88 Å². The minimum Gasteiger partial charge on any atom is -0.494 e. The van der Waals surface area contributed by atoms with E-state index in [0.29, 0.717) is 11.3 Å². The second-order valence-electron chi connectivity index (χ2n) is 4.58. The highest BCUT2D eigenvalue weighted by Gasteiger charge is 2.10. The summed E-state index contributed by atoms with van der Waals surface area (Å²) in [5, 5.41) is 14.0. The molecule has 1 aromatic carbocycles. The van der Waals surface area contributed by atoms with Crippen LogP contribution >= 0.6 is 22.7 Å². The molecule has 0 bridgehead atoms. The molecule has 4 nitrogen and oxygen atoms in total. The maximum atomic E-state index is 11.2. The molecule has 20 heavy (non-hydrogen) atoms. The minimum atomic E-state index is -0.213. The second kappa shape index (κ2) is 5.40. The van der Waals surface area contributed by atoms with Crippen LogP contribution in [0, 0.1) is 0 Å². The van der Waals surface area contributed by atoms with Crippen molar-refractivity contribution in [1.82, 2.24) is 10.3 Å². The molecular weight excluding hydrogens is 292 g/mol. The highest BCUT2D eigenvalue weighted by atomic mass is 32.1. The van der Waals surface area contributed by atoms with Crippen LogP contribution in [0.3, 0.4) is 0 Å². The molecule has 0 spiro atoms. The Kier molecular flexibility index (Phi) is 3.60. The normalized spacial score (nSPS) is 11.2. The molecule has 0 aliphatic carbocycles. The largest absolute Gasteiger partial charge is 0.494 e. The summed E-state index contributed by atoms with van der Waals surface area (Å²) in [5.74, 6) is -0.00618. The van der Waals surface area contributed by atoms with E-state index in [4.69, 9.17) is 0 Å². The van der Waals surface area contributed by atoms with Crippen molar-refractivity contribution in [2.75, 3.05) is 7.05 Å². The van der Waals surface area contributed by atoms with Gasteiger partial charge >= 0.3 is 4.87 Å². The maximum absolute atomic E-state index is 11.2. The number of thiophene rings is 1. The monoisotopic (exact) mass is 306 g/mol. The van der Waals surface area contributed by atoms with Crippen molar-refractivity contribution in [1.29, 1.82) is 0 Å². The molecule has 2 heterocycles. The zero-order chi connectivity index (χ0) is 14.1. The van der Waals surface area contributed by atoms with Crippen molar-refractivity contribution < 1.29 is 5.11 Å². The SMILES string of the molecule is CNCc1ccc2cc(Cc3sc(=O)[nH]c3O)sc2c1. The van der Waals surface area contributed by atoms with E-state index in [1.807, 2.05) is 7.05 Å². The molecule has 0 saturated carbocycles. The molecule has 0 unspecified atom stereocenters. The van der Waals surface area contributed by atoms with E-state index in [9.17, 15) is 9.90 Å². The summed E-state index contributed by atoms with van der Waals surface area (Å²) in [6.45, 7) is 0.851. The van der Waals surface area contributed by atoms with Crippen LogP contribution < -0.4 is 10.2 Å². The Labute approximate surface area is 123 Å². The summed E-state index contributed by atoms with van der Waals surface area (Å²) < 4.78 is 1.23. The summed E-state index contributed by atoms with van der Waals surface area (Å²) in [4.78, 5) is 15.2. The molecule has 0 amide bonds.